The van der Waals surface area contributed by atoms with Gasteiger partial charge in [-0.15, -0.1) is 0 Å². The molecule has 0 unspecified atom stereocenters. The molecule has 148 valence electrons. The van der Waals surface area contributed by atoms with Crippen molar-refractivity contribution in [3.05, 3.63) is 82.2 Å². The lowest BCUT2D eigenvalue weighted by molar-refractivity contribution is 0.0602. The van der Waals surface area contributed by atoms with Crippen LogP contribution in [0.2, 0.25) is 10.0 Å². The Morgan fingerprint density at radius 3 is 2.61 bits per heavy atom. The molecule has 0 saturated heterocycles. The summed E-state index contributed by atoms with van der Waals surface area (Å²) in [4.78, 5) is 1.97. The molecular formula is C21H21Cl2NO4. The van der Waals surface area contributed by atoms with Crippen LogP contribution in [-0.4, -0.2) is 34.4 Å². The standard InChI is InChI=1S/C21H21Cl2NO4/c22-16-7-8-19(23)21(10-16)28-14-17(25)12-24(13-18-5-3-9-27-18)11-15-4-1-2-6-20(15)26/h1-10,17,25-26H,11-14H2/t17-/m1/s1. The highest BCUT2D eigenvalue weighted by Gasteiger charge is 2.17. The van der Waals surface area contributed by atoms with Crippen LogP contribution in [0.1, 0.15) is 11.3 Å². The van der Waals surface area contributed by atoms with Crippen LogP contribution >= 0.6 is 23.2 Å². The number of phenolic OH excluding ortho intramolecular Hbond substituents is 1. The van der Waals surface area contributed by atoms with Crippen LogP contribution in [0.4, 0.5) is 0 Å². The van der Waals surface area contributed by atoms with E-state index in [1.807, 2.05) is 29.2 Å². The van der Waals surface area contributed by atoms with Crippen molar-refractivity contribution >= 4 is 23.2 Å². The van der Waals surface area contributed by atoms with Crippen molar-refractivity contribution in [3.63, 3.8) is 0 Å². The van der Waals surface area contributed by atoms with Crippen LogP contribution in [0.3, 0.4) is 0 Å². The SMILES string of the molecule is Oc1ccccc1CN(Cc1ccco1)C[C@@H](O)COc1cc(Cl)ccc1Cl. The van der Waals surface area contributed by atoms with Gasteiger partial charge in [0.25, 0.3) is 0 Å². The molecule has 0 amide bonds. The molecule has 0 radical (unpaired) electrons. The van der Waals surface area contributed by atoms with Crippen molar-refractivity contribution in [1.29, 1.82) is 0 Å². The van der Waals surface area contributed by atoms with E-state index in [0.29, 0.717) is 35.4 Å². The summed E-state index contributed by atoms with van der Waals surface area (Å²) in [5.74, 6) is 1.40. The van der Waals surface area contributed by atoms with E-state index in [9.17, 15) is 10.2 Å². The summed E-state index contributed by atoms with van der Waals surface area (Å²) < 4.78 is 11.0. The fourth-order valence-corrected chi connectivity index (χ4v) is 3.15. The molecule has 0 bridgehead atoms. The summed E-state index contributed by atoms with van der Waals surface area (Å²) in [5, 5.41) is 21.5. The maximum absolute atomic E-state index is 10.5. The number of benzene rings is 2. The van der Waals surface area contributed by atoms with Gasteiger partial charge in [0, 0.05) is 29.7 Å². The second-order valence-electron chi connectivity index (χ2n) is 6.42. The minimum absolute atomic E-state index is 0.0511. The number of furan rings is 1. The predicted molar refractivity (Wildman–Crippen MR) is 109 cm³/mol. The third-order valence-electron chi connectivity index (χ3n) is 4.14. The molecule has 1 heterocycles. The monoisotopic (exact) mass is 421 g/mol. The van der Waals surface area contributed by atoms with E-state index >= 15 is 0 Å². The molecule has 3 rings (SSSR count). The molecule has 0 aliphatic rings. The van der Waals surface area contributed by atoms with Crippen LogP contribution in [0, 0.1) is 0 Å². The Balaban J connectivity index is 1.64. The molecule has 2 N–H and O–H groups in total. The van der Waals surface area contributed by atoms with Crippen molar-refractivity contribution in [2.45, 2.75) is 19.2 Å². The summed E-state index contributed by atoms with van der Waals surface area (Å²) in [6.45, 7) is 1.29. The van der Waals surface area contributed by atoms with Crippen molar-refractivity contribution in [1.82, 2.24) is 4.90 Å². The van der Waals surface area contributed by atoms with E-state index in [-0.39, 0.29) is 12.4 Å². The van der Waals surface area contributed by atoms with Crippen LogP contribution in [0.5, 0.6) is 11.5 Å². The number of hydrogen-bond acceptors (Lipinski definition) is 5. The Bertz CT molecular complexity index is 886. The minimum atomic E-state index is -0.782. The van der Waals surface area contributed by atoms with E-state index in [2.05, 4.69) is 0 Å². The van der Waals surface area contributed by atoms with E-state index in [0.717, 1.165) is 11.3 Å². The molecule has 2 aromatic carbocycles. The Morgan fingerprint density at radius 2 is 1.86 bits per heavy atom. The molecule has 0 fully saturated rings. The van der Waals surface area contributed by atoms with Gasteiger partial charge in [-0.2, -0.15) is 0 Å². The van der Waals surface area contributed by atoms with Crippen LogP contribution in [0.25, 0.3) is 0 Å². The number of ether oxygens (including phenoxy) is 1. The number of rotatable bonds is 9. The fraction of sp³-hybridized carbons (Fsp3) is 0.238. The van der Waals surface area contributed by atoms with Gasteiger partial charge in [0.2, 0.25) is 0 Å². The second kappa shape index (κ2) is 9.85. The van der Waals surface area contributed by atoms with Crippen molar-refractivity contribution in [2.75, 3.05) is 13.2 Å². The van der Waals surface area contributed by atoms with Gasteiger partial charge in [0.15, 0.2) is 0 Å². The van der Waals surface area contributed by atoms with Gasteiger partial charge in [-0.3, -0.25) is 4.90 Å². The Hall–Kier alpha value is -2.18. The molecule has 7 heteroatoms. The maximum atomic E-state index is 10.5. The Labute approximate surface area is 173 Å². The summed E-state index contributed by atoms with van der Waals surface area (Å²) in [6, 6.07) is 15.7. The zero-order chi connectivity index (χ0) is 19.9. The van der Waals surface area contributed by atoms with Gasteiger partial charge in [0.05, 0.1) is 17.8 Å². The van der Waals surface area contributed by atoms with Crippen molar-refractivity contribution < 1.29 is 19.4 Å². The quantitative estimate of drug-likeness (QED) is 0.522. The number of nitrogens with zero attached hydrogens (tertiary/aromatic N) is 1. The predicted octanol–water partition coefficient (Wildman–Crippen LogP) is 4.73. The number of para-hydroxylation sites is 1. The van der Waals surface area contributed by atoms with Crippen LogP contribution in [0.15, 0.2) is 65.3 Å². The third kappa shape index (κ3) is 5.91. The molecule has 0 aliphatic carbocycles. The van der Waals surface area contributed by atoms with Crippen molar-refractivity contribution in [3.8, 4) is 11.5 Å². The third-order valence-corrected chi connectivity index (χ3v) is 4.69. The largest absolute Gasteiger partial charge is 0.508 e. The highest BCUT2D eigenvalue weighted by atomic mass is 35.5. The number of aliphatic hydroxyl groups excluding tert-OH is 1. The number of phenols is 1. The van der Waals surface area contributed by atoms with Gasteiger partial charge in [-0.05, 0) is 30.3 Å². The molecule has 1 aromatic heterocycles. The zero-order valence-corrected chi connectivity index (χ0v) is 16.6. The topological polar surface area (TPSA) is 66.1 Å². The minimum Gasteiger partial charge on any atom is -0.508 e. The summed E-state index contributed by atoms with van der Waals surface area (Å²) in [7, 11) is 0. The lowest BCUT2D eigenvalue weighted by Gasteiger charge is -2.25. The molecule has 0 spiro atoms. The fourth-order valence-electron chi connectivity index (χ4n) is 2.82. The first kappa shape index (κ1) is 20.6. The Morgan fingerprint density at radius 1 is 1.04 bits per heavy atom. The average Bonchev–Trinajstić information content (AvgIpc) is 3.17. The van der Waals surface area contributed by atoms with Gasteiger partial charge in [0.1, 0.15) is 30.0 Å². The summed E-state index contributed by atoms with van der Waals surface area (Å²) in [6.07, 6.45) is 0.824. The smallest absolute Gasteiger partial charge is 0.139 e. The van der Waals surface area contributed by atoms with E-state index in [1.54, 1.807) is 36.6 Å². The molecule has 28 heavy (non-hydrogen) atoms. The first-order valence-electron chi connectivity index (χ1n) is 8.79. The molecule has 3 aromatic rings. The molecular weight excluding hydrogens is 401 g/mol. The Kier molecular flexibility index (Phi) is 7.23. The number of hydrogen-bond donors (Lipinski definition) is 2. The molecule has 0 aliphatic heterocycles. The maximum Gasteiger partial charge on any atom is 0.139 e. The van der Waals surface area contributed by atoms with Gasteiger partial charge in [-0.1, -0.05) is 41.4 Å². The lowest BCUT2D eigenvalue weighted by atomic mass is 10.1. The highest BCUT2D eigenvalue weighted by molar-refractivity contribution is 6.34. The average molecular weight is 422 g/mol. The van der Waals surface area contributed by atoms with Gasteiger partial charge >= 0.3 is 0 Å². The number of aromatic hydroxyl groups is 1. The first-order valence-corrected chi connectivity index (χ1v) is 9.54. The summed E-state index contributed by atoms with van der Waals surface area (Å²) >= 11 is 12.0. The zero-order valence-electron chi connectivity index (χ0n) is 15.1. The van der Waals surface area contributed by atoms with E-state index in [1.165, 1.54) is 0 Å². The van der Waals surface area contributed by atoms with Crippen LogP contribution < -0.4 is 4.74 Å². The molecule has 0 saturated carbocycles. The van der Waals surface area contributed by atoms with Crippen LogP contribution in [-0.2, 0) is 13.1 Å². The molecule has 1 atom stereocenters. The second-order valence-corrected chi connectivity index (χ2v) is 7.26. The first-order chi connectivity index (χ1) is 13.5. The lowest BCUT2D eigenvalue weighted by Crippen LogP contribution is -2.35. The van der Waals surface area contributed by atoms with E-state index in [4.69, 9.17) is 32.4 Å². The number of aliphatic hydroxyl groups is 1. The van der Waals surface area contributed by atoms with E-state index < -0.39 is 6.10 Å². The highest BCUT2D eigenvalue weighted by Crippen LogP contribution is 2.28. The van der Waals surface area contributed by atoms with Crippen molar-refractivity contribution in [2.24, 2.45) is 0 Å². The van der Waals surface area contributed by atoms with Gasteiger partial charge < -0.3 is 19.4 Å². The summed E-state index contributed by atoms with van der Waals surface area (Å²) in [5.41, 5.74) is 0.764. The normalized spacial score (nSPS) is 12.3. The number of halogens is 2. The van der Waals surface area contributed by atoms with Gasteiger partial charge in [-0.25, -0.2) is 0 Å². The molecule has 5 nitrogen and oxygen atoms in total.